The molecule has 1 fully saturated rings. The predicted octanol–water partition coefficient (Wildman–Crippen LogP) is 1.34. The summed E-state index contributed by atoms with van der Waals surface area (Å²) in [6.07, 6.45) is 3.20. The number of rotatable bonds is 4. The van der Waals surface area contributed by atoms with Crippen molar-refractivity contribution >= 4 is 16.7 Å². The summed E-state index contributed by atoms with van der Waals surface area (Å²) >= 11 is 1.43. The molecule has 0 saturated carbocycles. The molecule has 2 unspecified atom stereocenters. The second kappa shape index (κ2) is 5.95. The van der Waals surface area contributed by atoms with E-state index >= 15 is 0 Å². The Labute approximate surface area is 113 Å². The van der Waals surface area contributed by atoms with Crippen LogP contribution in [0.15, 0.2) is 0 Å². The lowest BCUT2D eigenvalue weighted by Gasteiger charge is -2.36. The number of likely N-dealkylation sites (tertiary alicyclic amines) is 1. The van der Waals surface area contributed by atoms with E-state index in [2.05, 4.69) is 14.3 Å². The summed E-state index contributed by atoms with van der Waals surface area (Å²) in [6.45, 7) is 3.66. The lowest BCUT2D eigenvalue weighted by Crippen LogP contribution is -2.45. The average Bonchev–Trinajstić information content (AvgIpc) is 2.78. The van der Waals surface area contributed by atoms with Gasteiger partial charge in [-0.2, -0.15) is 4.37 Å². The monoisotopic (exact) mass is 270 g/mol. The van der Waals surface area contributed by atoms with E-state index in [-0.39, 0.29) is 12.1 Å². The van der Waals surface area contributed by atoms with Crippen LogP contribution in [0.2, 0.25) is 0 Å². The highest BCUT2D eigenvalue weighted by Crippen LogP contribution is 2.22. The van der Waals surface area contributed by atoms with E-state index in [1.54, 1.807) is 0 Å². The van der Waals surface area contributed by atoms with E-state index < -0.39 is 0 Å². The molecule has 1 saturated heterocycles. The molecule has 0 radical (unpaired) electrons. The van der Waals surface area contributed by atoms with Crippen LogP contribution in [0.3, 0.4) is 0 Å². The summed E-state index contributed by atoms with van der Waals surface area (Å²) in [7, 11) is 3.95. The predicted molar refractivity (Wildman–Crippen MR) is 74.0 cm³/mol. The van der Waals surface area contributed by atoms with Crippen molar-refractivity contribution in [1.29, 1.82) is 0 Å². The van der Waals surface area contributed by atoms with E-state index in [9.17, 15) is 5.11 Å². The number of anilines is 1. The third-order valence-electron chi connectivity index (χ3n) is 3.41. The van der Waals surface area contributed by atoms with Crippen LogP contribution in [0.1, 0.15) is 32.0 Å². The van der Waals surface area contributed by atoms with E-state index in [0.29, 0.717) is 0 Å². The molecule has 0 aromatic carbocycles. The SMILES string of the molecule is CC(O)C1CCCCN1Cc1nsc(N(C)C)n1. The number of hydrogen-bond acceptors (Lipinski definition) is 6. The molecule has 1 aliphatic heterocycles. The quantitative estimate of drug-likeness (QED) is 0.895. The maximum absolute atomic E-state index is 9.83. The topological polar surface area (TPSA) is 52.5 Å². The summed E-state index contributed by atoms with van der Waals surface area (Å²) in [4.78, 5) is 8.80. The van der Waals surface area contributed by atoms with Gasteiger partial charge in [-0.25, -0.2) is 4.98 Å². The van der Waals surface area contributed by atoms with Crippen LogP contribution in [-0.2, 0) is 6.54 Å². The van der Waals surface area contributed by atoms with Gasteiger partial charge in [-0.3, -0.25) is 4.90 Å². The molecule has 1 aliphatic rings. The first-order valence-electron chi connectivity index (χ1n) is 6.50. The molecule has 1 aromatic heterocycles. The van der Waals surface area contributed by atoms with Gasteiger partial charge in [0.1, 0.15) is 0 Å². The van der Waals surface area contributed by atoms with Crippen molar-refractivity contribution < 1.29 is 5.11 Å². The summed E-state index contributed by atoms with van der Waals surface area (Å²) in [5.41, 5.74) is 0. The van der Waals surface area contributed by atoms with Crippen molar-refractivity contribution in [2.24, 2.45) is 0 Å². The molecule has 5 nitrogen and oxygen atoms in total. The van der Waals surface area contributed by atoms with Crippen molar-refractivity contribution in [3.8, 4) is 0 Å². The van der Waals surface area contributed by atoms with E-state index in [1.165, 1.54) is 24.4 Å². The van der Waals surface area contributed by atoms with E-state index in [4.69, 9.17) is 0 Å². The number of piperidine rings is 1. The van der Waals surface area contributed by atoms with Crippen LogP contribution in [0.5, 0.6) is 0 Å². The Morgan fingerprint density at radius 2 is 2.28 bits per heavy atom. The van der Waals surface area contributed by atoms with Crippen LogP contribution in [0.4, 0.5) is 5.13 Å². The van der Waals surface area contributed by atoms with Crippen molar-refractivity contribution in [3.05, 3.63) is 5.82 Å². The van der Waals surface area contributed by atoms with Crippen molar-refractivity contribution in [1.82, 2.24) is 14.3 Å². The summed E-state index contributed by atoms with van der Waals surface area (Å²) in [5, 5.41) is 10.8. The fraction of sp³-hybridized carbons (Fsp3) is 0.833. The van der Waals surface area contributed by atoms with Gasteiger partial charge in [0, 0.05) is 31.7 Å². The van der Waals surface area contributed by atoms with Gasteiger partial charge >= 0.3 is 0 Å². The molecule has 1 N–H and O–H groups in total. The number of nitrogens with zero attached hydrogens (tertiary/aromatic N) is 4. The zero-order valence-electron chi connectivity index (χ0n) is 11.3. The number of aliphatic hydroxyl groups is 1. The Hall–Kier alpha value is -0.720. The molecule has 0 bridgehead atoms. The Balaban J connectivity index is 2.01. The fourth-order valence-electron chi connectivity index (χ4n) is 2.43. The molecule has 2 atom stereocenters. The molecule has 0 aliphatic carbocycles. The first kappa shape index (κ1) is 13.7. The van der Waals surface area contributed by atoms with Gasteiger partial charge in [-0.05, 0) is 26.3 Å². The van der Waals surface area contributed by atoms with Gasteiger partial charge in [0.05, 0.1) is 12.6 Å². The van der Waals surface area contributed by atoms with Gasteiger partial charge in [-0.1, -0.05) is 6.42 Å². The number of aromatic nitrogens is 2. The van der Waals surface area contributed by atoms with Crippen LogP contribution in [-0.4, -0.2) is 52.1 Å². The number of hydrogen-bond donors (Lipinski definition) is 1. The lowest BCUT2D eigenvalue weighted by atomic mass is 9.98. The van der Waals surface area contributed by atoms with Crippen LogP contribution in [0.25, 0.3) is 0 Å². The maximum Gasteiger partial charge on any atom is 0.204 e. The minimum absolute atomic E-state index is 0.255. The first-order valence-corrected chi connectivity index (χ1v) is 7.27. The highest BCUT2D eigenvalue weighted by Gasteiger charge is 2.27. The van der Waals surface area contributed by atoms with Gasteiger partial charge in [-0.15, -0.1) is 0 Å². The highest BCUT2D eigenvalue weighted by atomic mass is 32.1. The minimum atomic E-state index is -0.280. The summed E-state index contributed by atoms with van der Waals surface area (Å²) < 4.78 is 4.39. The van der Waals surface area contributed by atoms with Crippen LogP contribution < -0.4 is 4.90 Å². The smallest absolute Gasteiger partial charge is 0.204 e. The zero-order chi connectivity index (χ0) is 13.1. The molecule has 6 heteroatoms. The fourth-order valence-corrected chi connectivity index (χ4v) is 3.03. The van der Waals surface area contributed by atoms with Crippen molar-refractivity contribution in [3.63, 3.8) is 0 Å². The summed E-state index contributed by atoms with van der Waals surface area (Å²) in [6, 6.07) is 0.255. The normalized spacial score (nSPS) is 23.0. The third-order valence-corrected chi connectivity index (χ3v) is 4.33. The molecule has 0 amide bonds. The molecule has 0 spiro atoms. The van der Waals surface area contributed by atoms with Gasteiger partial charge < -0.3 is 10.0 Å². The standard InChI is InChI=1S/C12H22N4OS/c1-9(17)10-6-4-5-7-16(10)8-11-13-12(15(2)3)18-14-11/h9-10,17H,4-8H2,1-3H3. The van der Waals surface area contributed by atoms with Gasteiger partial charge in [0.25, 0.3) is 0 Å². The highest BCUT2D eigenvalue weighted by molar-refractivity contribution is 7.09. The Bertz CT molecular complexity index is 380. The van der Waals surface area contributed by atoms with Crippen molar-refractivity contribution in [2.75, 3.05) is 25.5 Å². The molecule has 2 rings (SSSR count). The second-order valence-electron chi connectivity index (χ2n) is 5.16. The minimum Gasteiger partial charge on any atom is -0.392 e. The molecule has 1 aromatic rings. The van der Waals surface area contributed by atoms with Gasteiger partial charge in [0.15, 0.2) is 5.82 Å². The Kier molecular flexibility index (Phi) is 4.53. The first-order chi connectivity index (χ1) is 8.58. The lowest BCUT2D eigenvalue weighted by molar-refractivity contribution is 0.0304. The average molecular weight is 270 g/mol. The van der Waals surface area contributed by atoms with E-state index in [0.717, 1.165) is 30.5 Å². The second-order valence-corrected chi connectivity index (χ2v) is 5.89. The van der Waals surface area contributed by atoms with Crippen LogP contribution in [0, 0.1) is 0 Å². The van der Waals surface area contributed by atoms with E-state index in [1.807, 2.05) is 25.9 Å². The molecule has 18 heavy (non-hydrogen) atoms. The Morgan fingerprint density at radius 3 is 2.89 bits per heavy atom. The van der Waals surface area contributed by atoms with Crippen LogP contribution >= 0.6 is 11.5 Å². The third kappa shape index (κ3) is 3.18. The van der Waals surface area contributed by atoms with Crippen molar-refractivity contribution in [2.45, 2.75) is 44.9 Å². The summed E-state index contributed by atoms with van der Waals surface area (Å²) in [5.74, 6) is 0.872. The molecular weight excluding hydrogens is 248 g/mol. The molecule has 102 valence electrons. The Morgan fingerprint density at radius 1 is 1.50 bits per heavy atom. The largest absolute Gasteiger partial charge is 0.392 e. The maximum atomic E-state index is 9.83. The number of aliphatic hydroxyl groups excluding tert-OH is 1. The van der Waals surface area contributed by atoms with Gasteiger partial charge in [0.2, 0.25) is 5.13 Å². The molecular formula is C12H22N4OS. The molecule has 2 heterocycles. The zero-order valence-corrected chi connectivity index (χ0v) is 12.2.